The molecular formula is C20H25F3N3O2+. The number of carbonyl (C=O) groups is 2. The van der Waals surface area contributed by atoms with Crippen LogP contribution in [0.3, 0.4) is 0 Å². The maximum atomic E-state index is 13.0. The van der Waals surface area contributed by atoms with Gasteiger partial charge in [-0.3, -0.25) is 9.59 Å². The Kier molecular flexibility index (Phi) is 6.39. The fourth-order valence-corrected chi connectivity index (χ4v) is 3.73. The third-order valence-corrected chi connectivity index (χ3v) is 5.29. The quantitative estimate of drug-likeness (QED) is 0.745. The van der Waals surface area contributed by atoms with Crippen molar-refractivity contribution in [1.82, 2.24) is 4.90 Å². The first-order chi connectivity index (χ1) is 13.3. The molecule has 0 spiro atoms. The van der Waals surface area contributed by atoms with Crippen molar-refractivity contribution in [1.29, 1.82) is 0 Å². The molecule has 1 fully saturated rings. The van der Waals surface area contributed by atoms with Crippen LogP contribution in [0.15, 0.2) is 36.4 Å². The fourth-order valence-electron chi connectivity index (χ4n) is 3.73. The van der Waals surface area contributed by atoms with Gasteiger partial charge in [0, 0.05) is 6.42 Å². The first-order valence-corrected chi connectivity index (χ1v) is 9.57. The Bertz CT molecular complexity index is 740. The molecule has 2 N–H and O–H groups in total. The Morgan fingerprint density at radius 3 is 2.54 bits per heavy atom. The molecule has 1 atom stereocenters. The molecule has 152 valence electrons. The zero-order valence-electron chi connectivity index (χ0n) is 15.6. The van der Waals surface area contributed by atoms with E-state index < -0.39 is 17.6 Å². The van der Waals surface area contributed by atoms with Crippen molar-refractivity contribution in [2.75, 3.05) is 38.0 Å². The van der Waals surface area contributed by atoms with Crippen molar-refractivity contribution in [3.63, 3.8) is 0 Å². The van der Waals surface area contributed by atoms with Crippen LogP contribution in [0.25, 0.3) is 0 Å². The van der Waals surface area contributed by atoms with Crippen molar-refractivity contribution in [3.05, 3.63) is 42.0 Å². The molecule has 8 heteroatoms. The molecule has 3 rings (SSSR count). The van der Waals surface area contributed by atoms with E-state index in [0.717, 1.165) is 23.8 Å². The van der Waals surface area contributed by atoms with Gasteiger partial charge in [0.15, 0.2) is 6.54 Å². The van der Waals surface area contributed by atoms with Crippen molar-refractivity contribution < 1.29 is 27.7 Å². The molecule has 2 aliphatic rings. The predicted octanol–water partition coefficient (Wildman–Crippen LogP) is 1.73. The summed E-state index contributed by atoms with van der Waals surface area (Å²) < 4.78 is 39.1. The number of benzene rings is 1. The highest BCUT2D eigenvalue weighted by atomic mass is 19.4. The summed E-state index contributed by atoms with van der Waals surface area (Å²) in [5.41, 5.74) is -1.08. The SMILES string of the molecule is O=C(C[NH+]1CCN(C(=O)C[C@@H]2C=CCC2)CC1)Nc1ccccc1C(F)(F)F. The molecule has 1 aromatic carbocycles. The Hall–Kier alpha value is -2.35. The summed E-state index contributed by atoms with van der Waals surface area (Å²) in [6, 6.07) is 4.96. The van der Waals surface area contributed by atoms with Crippen LogP contribution in [0.2, 0.25) is 0 Å². The lowest BCUT2D eigenvalue weighted by Crippen LogP contribution is -3.15. The molecule has 1 aliphatic carbocycles. The third-order valence-electron chi connectivity index (χ3n) is 5.29. The van der Waals surface area contributed by atoms with Gasteiger partial charge in [0.25, 0.3) is 5.91 Å². The van der Waals surface area contributed by atoms with Crippen LogP contribution < -0.4 is 10.2 Å². The highest BCUT2D eigenvalue weighted by molar-refractivity contribution is 5.92. The second-order valence-electron chi connectivity index (χ2n) is 7.37. The number of carbonyl (C=O) groups excluding carboxylic acids is 2. The van der Waals surface area contributed by atoms with Gasteiger partial charge in [-0.1, -0.05) is 24.3 Å². The number of nitrogens with zero attached hydrogens (tertiary/aromatic N) is 1. The van der Waals surface area contributed by atoms with Crippen LogP contribution in [0.1, 0.15) is 24.8 Å². The third kappa shape index (κ3) is 5.34. The molecule has 28 heavy (non-hydrogen) atoms. The highest BCUT2D eigenvalue weighted by Gasteiger charge is 2.34. The summed E-state index contributed by atoms with van der Waals surface area (Å²) in [5.74, 6) is 0.0130. The van der Waals surface area contributed by atoms with Gasteiger partial charge in [-0.25, -0.2) is 0 Å². The zero-order chi connectivity index (χ0) is 20.1. The Morgan fingerprint density at radius 1 is 1.18 bits per heavy atom. The lowest BCUT2D eigenvalue weighted by Gasteiger charge is -2.32. The highest BCUT2D eigenvalue weighted by Crippen LogP contribution is 2.34. The Morgan fingerprint density at radius 2 is 1.89 bits per heavy atom. The number of hydrogen-bond acceptors (Lipinski definition) is 2. The Balaban J connectivity index is 1.46. The van der Waals surface area contributed by atoms with Crippen LogP contribution in [0.5, 0.6) is 0 Å². The number of amides is 2. The van der Waals surface area contributed by atoms with E-state index in [1.54, 1.807) is 0 Å². The molecule has 0 aromatic heterocycles. The molecule has 1 heterocycles. The molecule has 1 saturated heterocycles. The average molecular weight is 396 g/mol. The van der Waals surface area contributed by atoms with Crippen molar-refractivity contribution >= 4 is 17.5 Å². The van der Waals surface area contributed by atoms with E-state index in [0.29, 0.717) is 38.5 Å². The van der Waals surface area contributed by atoms with E-state index in [1.165, 1.54) is 18.2 Å². The summed E-state index contributed by atoms with van der Waals surface area (Å²) in [6.07, 6.45) is 2.27. The molecule has 0 bridgehead atoms. The zero-order valence-corrected chi connectivity index (χ0v) is 15.6. The van der Waals surface area contributed by atoms with E-state index in [9.17, 15) is 22.8 Å². The summed E-state index contributed by atoms with van der Waals surface area (Å²) in [5, 5.41) is 2.38. The van der Waals surface area contributed by atoms with Gasteiger partial charge in [-0.05, 0) is 30.9 Å². The first kappa shape index (κ1) is 20.4. The topological polar surface area (TPSA) is 53.9 Å². The van der Waals surface area contributed by atoms with Crippen LogP contribution in [0.4, 0.5) is 18.9 Å². The van der Waals surface area contributed by atoms with E-state index in [-0.39, 0.29) is 18.1 Å². The number of piperazine rings is 1. The minimum absolute atomic E-state index is 0.0829. The van der Waals surface area contributed by atoms with Crippen molar-refractivity contribution in [3.8, 4) is 0 Å². The summed E-state index contributed by atoms with van der Waals surface area (Å²) in [4.78, 5) is 27.4. The monoisotopic (exact) mass is 396 g/mol. The number of para-hydroxylation sites is 1. The van der Waals surface area contributed by atoms with Crippen LogP contribution in [-0.2, 0) is 15.8 Å². The molecular weight excluding hydrogens is 371 g/mol. The number of halogens is 3. The Labute approximate surface area is 162 Å². The number of rotatable bonds is 5. The van der Waals surface area contributed by atoms with Gasteiger partial charge in [-0.2, -0.15) is 13.2 Å². The lowest BCUT2D eigenvalue weighted by molar-refractivity contribution is -0.895. The van der Waals surface area contributed by atoms with Gasteiger partial charge in [-0.15, -0.1) is 0 Å². The van der Waals surface area contributed by atoms with E-state index >= 15 is 0 Å². The fraction of sp³-hybridized carbons (Fsp3) is 0.500. The minimum Gasteiger partial charge on any atom is -0.331 e. The van der Waals surface area contributed by atoms with Crippen molar-refractivity contribution in [2.45, 2.75) is 25.4 Å². The van der Waals surface area contributed by atoms with Gasteiger partial charge in [0.1, 0.15) is 0 Å². The smallest absolute Gasteiger partial charge is 0.331 e. The number of anilines is 1. The predicted molar refractivity (Wildman–Crippen MR) is 98.7 cm³/mol. The molecule has 5 nitrogen and oxygen atoms in total. The number of nitrogens with one attached hydrogen (secondary N) is 2. The minimum atomic E-state index is -4.52. The van der Waals surface area contributed by atoms with Gasteiger partial charge < -0.3 is 15.1 Å². The van der Waals surface area contributed by atoms with E-state index in [2.05, 4.69) is 17.5 Å². The average Bonchev–Trinajstić information content (AvgIpc) is 3.14. The maximum absolute atomic E-state index is 13.0. The largest absolute Gasteiger partial charge is 0.418 e. The maximum Gasteiger partial charge on any atom is 0.418 e. The van der Waals surface area contributed by atoms with Crippen LogP contribution in [0, 0.1) is 5.92 Å². The number of hydrogen-bond donors (Lipinski definition) is 2. The standard InChI is InChI=1S/C20H24F3N3O2/c21-20(22,23)16-7-3-4-8-17(16)24-18(27)14-25-9-11-26(12-10-25)19(28)13-15-5-1-2-6-15/h1,3-5,7-8,15H,2,6,9-14H2,(H,24,27)/p+1/t15-/m1/s1. The summed E-state index contributed by atoms with van der Waals surface area (Å²) >= 11 is 0. The van der Waals surface area contributed by atoms with Crippen LogP contribution >= 0.6 is 0 Å². The molecule has 0 unspecified atom stereocenters. The summed E-state index contributed by atoms with van der Waals surface area (Å²) in [6.45, 7) is 2.44. The number of quaternary nitrogens is 1. The first-order valence-electron chi connectivity index (χ1n) is 9.57. The molecule has 2 amide bonds. The van der Waals surface area contributed by atoms with Gasteiger partial charge in [0.2, 0.25) is 5.91 Å². The second kappa shape index (κ2) is 8.77. The van der Waals surface area contributed by atoms with Crippen molar-refractivity contribution in [2.24, 2.45) is 5.92 Å². The van der Waals surface area contributed by atoms with E-state index in [4.69, 9.17) is 0 Å². The summed E-state index contributed by atoms with van der Waals surface area (Å²) in [7, 11) is 0. The lowest BCUT2D eigenvalue weighted by atomic mass is 10.0. The molecule has 0 saturated carbocycles. The number of alkyl halides is 3. The second-order valence-corrected chi connectivity index (χ2v) is 7.37. The number of allylic oxidation sites excluding steroid dienone is 2. The van der Waals surface area contributed by atoms with E-state index in [1.807, 2.05) is 4.90 Å². The normalized spacial score (nSPS) is 20.4. The van der Waals surface area contributed by atoms with Gasteiger partial charge >= 0.3 is 6.18 Å². The molecule has 1 aromatic rings. The van der Waals surface area contributed by atoms with Gasteiger partial charge in [0.05, 0.1) is 37.4 Å². The van der Waals surface area contributed by atoms with Crippen LogP contribution in [-0.4, -0.2) is 49.4 Å². The molecule has 1 aliphatic heterocycles. The molecule has 0 radical (unpaired) electrons.